The van der Waals surface area contributed by atoms with Crippen molar-refractivity contribution < 1.29 is 4.79 Å². The van der Waals surface area contributed by atoms with Crippen LogP contribution in [0.2, 0.25) is 0 Å². The van der Waals surface area contributed by atoms with Gasteiger partial charge in [-0.05, 0) is 31.0 Å². The van der Waals surface area contributed by atoms with Gasteiger partial charge in [0.05, 0.1) is 11.2 Å². The number of carbonyl (C=O) groups is 1. The Bertz CT molecular complexity index is 1260. The molecule has 4 aromatic rings. The summed E-state index contributed by atoms with van der Waals surface area (Å²) in [5, 5.41) is 14.3. The SMILES string of the molecule is Cn1cnc(-c2cccc(-n3c(=O)ccc4[nH]nc(NC(=O)C5CC5)c43)c2)n1. The van der Waals surface area contributed by atoms with Crippen molar-refractivity contribution in [3.63, 3.8) is 0 Å². The minimum atomic E-state index is -0.220. The molecule has 0 spiro atoms. The maximum absolute atomic E-state index is 12.7. The lowest BCUT2D eigenvalue weighted by atomic mass is 10.2. The molecule has 0 atom stereocenters. The maximum atomic E-state index is 12.7. The second-order valence-corrected chi connectivity index (χ2v) is 6.90. The molecule has 0 saturated heterocycles. The van der Waals surface area contributed by atoms with Gasteiger partial charge in [0.25, 0.3) is 5.56 Å². The number of rotatable bonds is 4. The number of hydrogen-bond acceptors (Lipinski definition) is 5. The van der Waals surface area contributed by atoms with Gasteiger partial charge in [-0.3, -0.25) is 23.9 Å². The number of pyridine rings is 1. The molecular weight excluding hydrogens is 358 g/mol. The summed E-state index contributed by atoms with van der Waals surface area (Å²) >= 11 is 0. The number of H-pyrrole nitrogens is 1. The van der Waals surface area contributed by atoms with Crippen LogP contribution in [-0.2, 0) is 11.8 Å². The summed E-state index contributed by atoms with van der Waals surface area (Å²) in [6.07, 6.45) is 3.40. The lowest BCUT2D eigenvalue weighted by Crippen LogP contribution is -2.19. The van der Waals surface area contributed by atoms with E-state index in [2.05, 4.69) is 25.6 Å². The molecule has 1 saturated carbocycles. The Hall–Kier alpha value is -3.75. The fraction of sp³-hybridized carbons (Fsp3) is 0.211. The van der Waals surface area contributed by atoms with Crippen LogP contribution in [0.15, 0.2) is 47.5 Å². The number of aromatic nitrogens is 6. The molecule has 3 aromatic heterocycles. The Kier molecular flexibility index (Phi) is 3.61. The molecular formula is C19H17N7O2. The third-order valence-corrected chi connectivity index (χ3v) is 4.76. The van der Waals surface area contributed by atoms with Crippen LogP contribution in [0.5, 0.6) is 0 Å². The largest absolute Gasteiger partial charge is 0.307 e. The van der Waals surface area contributed by atoms with Crippen LogP contribution in [0.25, 0.3) is 28.1 Å². The van der Waals surface area contributed by atoms with Gasteiger partial charge in [0.1, 0.15) is 11.8 Å². The Morgan fingerprint density at radius 1 is 1.25 bits per heavy atom. The van der Waals surface area contributed by atoms with E-state index in [1.807, 2.05) is 24.3 Å². The second-order valence-electron chi connectivity index (χ2n) is 6.90. The molecule has 1 amide bonds. The monoisotopic (exact) mass is 375 g/mol. The fourth-order valence-corrected chi connectivity index (χ4v) is 3.19. The van der Waals surface area contributed by atoms with Crippen molar-refractivity contribution in [2.45, 2.75) is 12.8 Å². The zero-order valence-corrected chi connectivity index (χ0v) is 15.1. The lowest BCUT2D eigenvalue weighted by molar-refractivity contribution is -0.117. The molecule has 0 unspecified atom stereocenters. The topological polar surface area (TPSA) is 110 Å². The zero-order chi connectivity index (χ0) is 19.3. The first-order chi connectivity index (χ1) is 13.6. The van der Waals surface area contributed by atoms with Crippen molar-refractivity contribution in [1.82, 2.24) is 29.5 Å². The first kappa shape index (κ1) is 16.4. The van der Waals surface area contributed by atoms with Crippen LogP contribution in [0.4, 0.5) is 5.82 Å². The number of nitrogens with one attached hydrogen (secondary N) is 2. The van der Waals surface area contributed by atoms with Gasteiger partial charge in [-0.1, -0.05) is 12.1 Å². The van der Waals surface area contributed by atoms with Gasteiger partial charge < -0.3 is 5.32 Å². The first-order valence-electron chi connectivity index (χ1n) is 8.97. The van der Waals surface area contributed by atoms with Crippen LogP contribution >= 0.6 is 0 Å². The normalized spacial score (nSPS) is 13.8. The highest BCUT2D eigenvalue weighted by Crippen LogP contribution is 2.31. The van der Waals surface area contributed by atoms with Gasteiger partial charge in [-0.25, -0.2) is 4.98 Å². The average Bonchev–Trinajstić information content (AvgIpc) is 3.35. The third kappa shape index (κ3) is 2.77. The van der Waals surface area contributed by atoms with Gasteiger partial charge in [-0.15, -0.1) is 0 Å². The van der Waals surface area contributed by atoms with Crippen LogP contribution in [0.1, 0.15) is 12.8 Å². The number of anilines is 1. The quantitative estimate of drug-likeness (QED) is 0.566. The molecule has 3 heterocycles. The summed E-state index contributed by atoms with van der Waals surface area (Å²) in [5.74, 6) is 0.891. The average molecular weight is 375 g/mol. The van der Waals surface area contributed by atoms with Crippen LogP contribution in [0.3, 0.4) is 0 Å². The number of aromatic amines is 1. The van der Waals surface area contributed by atoms with Gasteiger partial charge in [0.15, 0.2) is 11.6 Å². The third-order valence-electron chi connectivity index (χ3n) is 4.76. The summed E-state index contributed by atoms with van der Waals surface area (Å²) in [6.45, 7) is 0. The highest BCUT2D eigenvalue weighted by atomic mass is 16.2. The molecule has 1 aliphatic carbocycles. The zero-order valence-electron chi connectivity index (χ0n) is 15.1. The van der Waals surface area contributed by atoms with Gasteiger partial charge in [0, 0.05) is 24.6 Å². The number of amides is 1. The van der Waals surface area contributed by atoms with E-state index >= 15 is 0 Å². The molecule has 1 aromatic carbocycles. The highest BCUT2D eigenvalue weighted by Gasteiger charge is 2.30. The maximum Gasteiger partial charge on any atom is 0.255 e. The van der Waals surface area contributed by atoms with Crippen molar-refractivity contribution in [1.29, 1.82) is 0 Å². The molecule has 5 rings (SSSR count). The Labute approximate surface area is 159 Å². The van der Waals surface area contributed by atoms with Crippen molar-refractivity contribution in [2.75, 3.05) is 5.32 Å². The Morgan fingerprint density at radius 3 is 2.86 bits per heavy atom. The van der Waals surface area contributed by atoms with E-state index in [1.54, 1.807) is 24.1 Å². The first-order valence-corrected chi connectivity index (χ1v) is 8.97. The predicted octanol–water partition coefficient (Wildman–Crippen LogP) is 1.86. The van der Waals surface area contributed by atoms with Crippen molar-refractivity contribution in [3.05, 3.63) is 53.1 Å². The molecule has 0 bridgehead atoms. The number of fused-ring (bicyclic) bond motifs is 1. The van der Waals surface area contributed by atoms with Crippen molar-refractivity contribution in [2.24, 2.45) is 13.0 Å². The summed E-state index contributed by atoms with van der Waals surface area (Å²) < 4.78 is 3.16. The molecule has 9 nitrogen and oxygen atoms in total. The molecule has 0 aliphatic heterocycles. The van der Waals surface area contributed by atoms with E-state index in [4.69, 9.17) is 0 Å². The van der Waals surface area contributed by atoms with E-state index in [1.165, 1.54) is 10.6 Å². The van der Waals surface area contributed by atoms with Gasteiger partial charge >= 0.3 is 0 Å². The Balaban J connectivity index is 1.66. The molecule has 140 valence electrons. The van der Waals surface area contributed by atoms with Gasteiger partial charge in [0.2, 0.25) is 5.91 Å². The summed E-state index contributed by atoms with van der Waals surface area (Å²) in [5.41, 5.74) is 2.40. The Morgan fingerprint density at radius 2 is 2.11 bits per heavy atom. The molecule has 1 fully saturated rings. The van der Waals surface area contributed by atoms with E-state index in [9.17, 15) is 9.59 Å². The molecule has 28 heavy (non-hydrogen) atoms. The summed E-state index contributed by atoms with van der Waals surface area (Å²) in [7, 11) is 1.80. The predicted molar refractivity (Wildman–Crippen MR) is 103 cm³/mol. The standard InChI is InChI=1S/C19H17N7O2/c1-25-10-20-17(24-25)12-3-2-4-13(9-12)26-15(27)8-7-14-16(26)18(23-22-14)21-19(28)11-5-6-11/h2-4,7-11H,5-6H2,1H3,(H2,21,22,23,28). The van der Waals surface area contributed by atoms with Crippen LogP contribution in [0, 0.1) is 5.92 Å². The van der Waals surface area contributed by atoms with Gasteiger partial charge in [-0.2, -0.15) is 10.2 Å². The van der Waals surface area contributed by atoms with E-state index in [-0.39, 0.29) is 17.4 Å². The number of benzene rings is 1. The van der Waals surface area contributed by atoms with Crippen LogP contribution in [-0.4, -0.2) is 35.4 Å². The van der Waals surface area contributed by atoms with Crippen molar-refractivity contribution >= 4 is 22.8 Å². The smallest absolute Gasteiger partial charge is 0.255 e. The minimum absolute atomic E-state index is 0.0363. The molecule has 1 aliphatic rings. The number of nitrogens with zero attached hydrogens (tertiary/aromatic N) is 5. The van der Waals surface area contributed by atoms with E-state index < -0.39 is 0 Å². The summed E-state index contributed by atoms with van der Waals surface area (Å²) in [6, 6.07) is 10.5. The molecule has 0 radical (unpaired) electrons. The van der Waals surface area contributed by atoms with E-state index in [0.29, 0.717) is 28.4 Å². The number of hydrogen-bond donors (Lipinski definition) is 2. The molecule has 9 heteroatoms. The lowest BCUT2D eigenvalue weighted by Gasteiger charge is -2.10. The van der Waals surface area contributed by atoms with Crippen LogP contribution < -0.4 is 10.9 Å². The molecule has 2 N–H and O–H groups in total. The second kappa shape index (κ2) is 6.15. The number of aryl methyl sites for hydroxylation is 1. The minimum Gasteiger partial charge on any atom is -0.307 e. The number of carbonyl (C=O) groups excluding carboxylic acids is 1. The fourth-order valence-electron chi connectivity index (χ4n) is 3.19. The van der Waals surface area contributed by atoms with E-state index in [0.717, 1.165) is 18.4 Å². The van der Waals surface area contributed by atoms with Crippen molar-refractivity contribution in [3.8, 4) is 17.1 Å². The summed E-state index contributed by atoms with van der Waals surface area (Å²) in [4.78, 5) is 29.2. The highest BCUT2D eigenvalue weighted by molar-refractivity contribution is 6.00.